The van der Waals surface area contributed by atoms with Crippen molar-refractivity contribution < 1.29 is 9.32 Å². The molecule has 0 saturated carbocycles. The number of rotatable bonds is 5. The van der Waals surface area contributed by atoms with Crippen LogP contribution in [0.4, 0.5) is 5.69 Å². The fourth-order valence-corrected chi connectivity index (χ4v) is 5.01. The minimum absolute atomic E-state index is 0.222. The second-order valence-electron chi connectivity index (χ2n) is 6.50. The third-order valence-electron chi connectivity index (χ3n) is 4.49. The van der Waals surface area contributed by atoms with Crippen molar-refractivity contribution in [3.05, 3.63) is 52.7 Å². The Hall–Kier alpha value is -2.65. The van der Waals surface area contributed by atoms with E-state index in [2.05, 4.69) is 20.6 Å². The number of aryl methyl sites for hydroxylation is 4. The van der Waals surface area contributed by atoms with Crippen molar-refractivity contribution >= 4 is 44.9 Å². The Kier molecular flexibility index (Phi) is 4.94. The summed E-state index contributed by atoms with van der Waals surface area (Å²) in [6.07, 6.45) is 0. The molecule has 0 fully saturated rings. The summed E-state index contributed by atoms with van der Waals surface area (Å²) in [6.45, 7) is 5.78. The molecule has 0 unspecified atom stereocenters. The molecule has 0 saturated heterocycles. The van der Waals surface area contributed by atoms with Crippen LogP contribution in [0.1, 0.15) is 33.2 Å². The molecule has 144 valence electrons. The molecule has 9 heteroatoms. The van der Waals surface area contributed by atoms with Gasteiger partial charge in [0.05, 0.1) is 15.9 Å². The zero-order valence-electron chi connectivity index (χ0n) is 15.9. The minimum Gasteiger partial charge on any atom is -0.361 e. The van der Waals surface area contributed by atoms with Crippen molar-refractivity contribution in [2.24, 2.45) is 7.05 Å². The van der Waals surface area contributed by atoms with E-state index in [1.807, 2.05) is 46.0 Å². The Labute approximate surface area is 170 Å². The summed E-state index contributed by atoms with van der Waals surface area (Å²) in [4.78, 5) is 17.1. The third-order valence-corrected chi connectivity index (χ3v) is 6.68. The number of thiazole rings is 1. The van der Waals surface area contributed by atoms with Gasteiger partial charge in [-0.25, -0.2) is 4.98 Å². The molecule has 0 atom stereocenters. The van der Waals surface area contributed by atoms with Crippen molar-refractivity contribution in [1.29, 1.82) is 0 Å². The summed E-state index contributed by atoms with van der Waals surface area (Å²) < 4.78 is 8.89. The topological polar surface area (TPSA) is 85.8 Å². The summed E-state index contributed by atoms with van der Waals surface area (Å²) in [6, 6.07) is 7.49. The highest BCUT2D eigenvalue weighted by Gasteiger charge is 2.14. The van der Waals surface area contributed by atoms with E-state index in [0.717, 1.165) is 48.7 Å². The molecule has 1 amide bonds. The van der Waals surface area contributed by atoms with E-state index in [9.17, 15) is 4.79 Å². The molecule has 3 aromatic heterocycles. The van der Waals surface area contributed by atoms with E-state index >= 15 is 0 Å². The average molecular weight is 414 g/mol. The van der Waals surface area contributed by atoms with Gasteiger partial charge in [-0.2, -0.15) is 5.10 Å². The summed E-state index contributed by atoms with van der Waals surface area (Å²) in [5.74, 6) is 1.39. The fourth-order valence-electron chi connectivity index (χ4n) is 2.75. The molecule has 4 aromatic rings. The number of benzene rings is 1. The number of nitrogens with one attached hydrogen (secondary N) is 1. The second kappa shape index (κ2) is 7.40. The van der Waals surface area contributed by atoms with Crippen LogP contribution in [0.25, 0.3) is 10.2 Å². The molecule has 1 N–H and O–H groups in total. The number of fused-ring (bicyclic) bond motifs is 1. The van der Waals surface area contributed by atoms with Crippen LogP contribution in [-0.2, 0) is 12.8 Å². The smallest absolute Gasteiger partial charge is 0.276 e. The van der Waals surface area contributed by atoms with Crippen LogP contribution in [0, 0.1) is 20.8 Å². The lowest BCUT2D eigenvalue weighted by atomic mass is 10.2. The SMILES string of the molecule is Cc1noc(C)c1CSc1nc2ccc(NC(=O)c3cc(C)n(C)n3)cc2s1. The first-order valence-corrected chi connectivity index (χ1v) is 10.5. The lowest BCUT2D eigenvalue weighted by molar-refractivity contribution is 0.102. The highest BCUT2D eigenvalue weighted by Crippen LogP contribution is 2.34. The van der Waals surface area contributed by atoms with Gasteiger partial charge in [-0.05, 0) is 45.0 Å². The number of anilines is 1. The molecule has 0 aliphatic rings. The predicted molar refractivity (Wildman–Crippen MR) is 111 cm³/mol. The zero-order valence-corrected chi connectivity index (χ0v) is 17.6. The molecule has 7 nitrogen and oxygen atoms in total. The van der Waals surface area contributed by atoms with Crippen LogP contribution in [0.2, 0.25) is 0 Å². The largest absolute Gasteiger partial charge is 0.361 e. The predicted octanol–water partition coefficient (Wildman–Crippen LogP) is 4.49. The van der Waals surface area contributed by atoms with Gasteiger partial charge in [-0.15, -0.1) is 11.3 Å². The number of hydrogen-bond donors (Lipinski definition) is 1. The number of amides is 1. The van der Waals surface area contributed by atoms with Gasteiger partial charge in [0, 0.05) is 29.7 Å². The lowest BCUT2D eigenvalue weighted by Gasteiger charge is -2.02. The zero-order chi connectivity index (χ0) is 19.8. The van der Waals surface area contributed by atoms with Gasteiger partial charge in [0.15, 0.2) is 10.0 Å². The maximum Gasteiger partial charge on any atom is 0.276 e. The number of hydrogen-bond acceptors (Lipinski definition) is 7. The first kappa shape index (κ1) is 18.7. The van der Waals surface area contributed by atoms with Crippen LogP contribution < -0.4 is 5.32 Å². The summed E-state index contributed by atoms with van der Waals surface area (Å²) in [5, 5.41) is 11.1. The van der Waals surface area contributed by atoms with Crippen LogP contribution in [0.5, 0.6) is 0 Å². The van der Waals surface area contributed by atoms with E-state index in [0.29, 0.717) is 5.69 Å². The molecule has 0 spiro atoms. The van der Waals surface area contributed by atoms with Crippen molar-refractivity contribution in [1.82, 2.24) is 19.9 Å². The third kappa shape index (κ3) is 3.67. The standard InChI is InChI=1S/C19H19N5O2S2/c1-10-7-16(22-24(10)4)18(25)20-13-5-6-15-17(8-13)28-19(21-15)27-9-14-11(2)23-26-12(14)3/h5-8H,9H2,1-4H3,(H,20,25). The normalized spacial score (nSPS) is 11.3. The Bertz CT molecular complexity index is 1140. The fraction of sp³-hybridized carbons (Fsp3) is 0.263. The number of carbonyl (C=O) groups is 1. The molecular weight excluding hydrogens is 394 g/mol. The van der Waals surface area contributed by atoms with Crippen LogP contribution in [0.3, 0.4) is 0 Å². The monoisotopic (exact) mass is 413 g/mol. The number of carbonyl (C=O) groups excluding carboxylic acids is 1. The Morgan fingerprint density at radius 1 is 1.29 bits per heavy atom. The number of nitrogens with zero attached hydrogens (tertiary/aromatic N) is 4. The highest BCUT2D eigenvalue weighted by molar-refractivity contribution is 8.00. The van der Waals surface area contributed by atoms with Gasteiger partial charge in [-0.3, -0.25) is 9.48 Å². The van der Waals surface area contributed by atoms with Crippen molar-refractivity contribution in [2.75, 3.05) is 5.32 Å². The van der Waals surface area contributed by atoms with Crippen molar-refractivity contribution in [3.8, 4) is 0 Å². The molecule has 1 aromatic carbocycles. The summed E-state index contributed by atoms with van der Waals surface area (Å²) >= 11 is 3.26. The van der Waals surface area contributed by atoms with E-state index in [1.165, 1.54) is 0 Å². The number of thioether (sulfide) groups is 1. The number of aromatic nitrogens is 4. The van der Waals surface area contributed by atoms with E-state index in [-0.39, 0.29) is 5.91 Å². The van der Waals surface area contributed by atoms with Gasteiger partial charge >= 0.3 is 0 Å². The Morgan fingerprint density at radius 2 is 2.11 bits per heavy atom. The van der Waals surface area contributed by atoms with Crippen LogP contribution in [-0.4, -0.2) is 25.8 Å². The van der Waals surface area contributed by atoms with Crippen LogP contribution in [0.15, 0.2) is 33.1 Å². The van der Waals surface area contributed by atoms with Gasteiger partial charge in [0.25, 0.3) is 5.91 Å². The molecule has 0 bridgehead atoms. The molecule has 3 heterocycles. The second-order valence-corrected chi connectivity index (χ2v) is 8.76. The van der Waals surface area contributed by atoms with Crippen molar-refractivity contribution in [2.45, 2.75) is 30.9 Å². The van der Waals surface area contributed by atoms with Gasteiger partial charge in [-0.1, -0.05) is 16.9 Å². The van der Waals surface area contributed by atoms with Crippen LogP contribution >= 0.6 is 23.1 Å². The first-order valence-electron chi connectivity index (χ1n) is 8.68. The highest BCUT2D eigenvalue weighted by atomic mass is 32.2. The molecule has 0 aliphatic carbocycles. The van der Waals surface area contributed by atoms with Gasteiger partial charge < -0.3 is 9.84 Å². The van der Waals surface area contributed by atoms with Gasteiger partial charge in [0.2, 0.25) is 0 Å². The molecule has 0 aliphatic heterocycles. The lowest BCUT2D eigenvalue weighted by Crippen LogP contribution is -2.12. The summed E-state index contributed by atoms with van der Waals surface area (Å²) in [5.41, 5.74) is 5.01. The Balaban J connectivity index is 1.49. The minimum atomic E-state index is -0.222. The molecule has 28 heavy (non-hydrogen) atoms. The maximum absolute atomic E-state index is 12.4. The van der Waals surface area contributed by atoms with E-state index in [4.69, 9.17) is 4.52 Å². The maximum atomic E-state index is 12.4. The summed E-state index contributed by atoms with van der Waals surface area (Å²) in [7, 11) is 1.82. The molecular formula is C19H19N5O2S2. The molecule has 0 radical (unpaired) electrons. The Morgan fingerprint density at radius 3 is 2.79 bits per heavy atom. The van der Waals surface area contributed by atoms with Gasteiger partial charge in [0.1, 0.15) is 5.76 Å². The quantitative estimate of drug-likeness (QED) is 0.485. The first-order chi connectivity index (χ1) is 13.4. The molecule has 4 rings (SSSR count). The van der Waals surface area contributed by atoms with Crippen molar-refractivity contribution in [3.63, 3.8) is 0 Å². The van der Waals surface area contributed by atoms with E-state index < -0.39 is 0 Å². The average Bonchev–Trinajstić information content (AvgIpc) is 3.31. The van der Waals surface area contributed by atoms with E-state index in [1.54, 1.807) is 33.8 Å².